The van der Waals surface area contributed by atoms with E-state index in [9.17, 15) is 9.59 Å². The van der Waals surface area contributed by atoms with Crippen LogP contribution in [0.3, 0.4) is 0 Å². The molecule has 0 aromatic heterocycles. The van der Waals surface area contributed by atoms with Gasteiger partial charge in [-0.15, -0.1) is 0 Å². The van der Waals surface area contributed by atoms with Gasteiger partial charge in [0.2, 0.25) is 12.3 Å². The molecule has 0 bridgehead atoms. The van der Waals surface area contributed by atoms with Gasteiger partial charge < -0.3 is 20.4 Å². The van der Waals surface area contributed by atoms with Crippen molar-refractivity contribution in [2.45, 2.75) is 96.7 Å². The van der Waals surface area contributed by atoms with Crippen molar-refractivity contribution in [1.29, 1.82) is 0 Å². The zero-order valence-corrected chi connectivity index (χ0v) is 26.0. The summed E-state index contributed by atoms with van der Waals surface area (Å²) >= 11 is 0. The van der Waals surface area contributed by atoms with Gasteiger partial charge in [0.15, 0.2) is 5.54 Å². The van der Waals surface area contributed by atoms with Crippen molar-refractivity contribution in [3.8, 4) is 0 Å². The molecule has 2 aromatic rings. The second-order valence-electron chi connectivity index (χ2n) is 11.0. The van der Waals surface area contributed by atoms with E-state index < -0.39 is 11.6 Å². The van der Waals surface area contributed by atoms with E-state index >= 15 is 0 Å². The number of rotatable bonds is 16. The summed E-state index contributed by atoms with van der Waals surface area (Å²) in [5.41, 5.74) is 2.06. The summed E-state index contributed by atoms with van der Waals surface area (Å²) < 4.78 is 0. The van der Waals surface area contributed by atoms with Gasteiger partial charge >= 0.3 is 0 Å². The summed E-state index contributed by atoms with van der Waals surface area (Å²) in [6.07, 6.45) is 10.3. The maximum Gasteiger partial charge on any atom is 0.254 e. The highest BCUT2D eigenvalue weighted by molar-refractivity contribution is 6.00. The van der Waals surface area contributed by atoms with Crippen molar-refractivity contribution >= 4 is 18.2 Å². The van der Waals surface area contributed by atoms with Crippen molar-refractivity contribution in [1.82, 2.24) is 20.4 Å². The first-order valence-corrected chi connectivity index (χ1v) is 15.4. The molecule has 0 unspecified atom stereocenters. The van der Waals surface area contributed by atoms with Gasteiger partial charge in [0.25, 0.3) is 5.91 Å². The Kier molecular flexibility index (Phi) is 15.2. The highest BCUT2D eigenvalue weighted by atomic mass is 16.2. The molecule has 41 heavy (non-hydrogen) atoms. The van der Waals surface area contributed by atoms with E-state index in [0.29, 0.717) is 19.4 Å². The van der Waals surface area contributed by atoms with E-state index in [1.54, 1.807) is 11.9 Å². The average Bonchev–Trinajstić information content (AvgIpc) is 3.00. The molecule has 1 aliphatic heterocycles. The van der Waals surface area contributed by atoms with Crippen LogP contribution in [0.15, 0.2) is 54.6 Å². The molecule has 2 N–H and O–H groups in total. The molecule has 1 aliphatic rings. The molecule has 0 saturated carbocycles. The van der Waals surface area contributed by atoms with Crippen LogP contribution in [0.5, 0.6) is 0 Å². The van der Waals surface area contributed by atoms with Crippen molar-refractivity contribution in [2.75, 3.05) is 27.2 Å². The summed E-state index contributed by atoms with van der Waals surface area (Å²) in [5.74, 6) is 0.0418. The van der Waals surface area contributed by atoms with Crippen LogP contribution in [-0.2, 0) is 32.9 Å². The fraction of sp³-hybridized carbons (Fsp3) is 0.559. The first kappa shape index (κ1) is 34.0. The normalized spacial score (nSPS) is 18.6. The van der Waals surface area contributed by atoms with Gasteiger partial charge in [0.1, 0.15) is 6.04 Å². The molecule has 0 spiro atoms. The summed E-state index contributed by atoms with van der Waals surface area (Å²) in [6, 6.07) is 18.0. The van der Waals surface area contributed by atoms with Crippen LogP contribution in [0.1, 0.15) is 88.8 Å². The molecule has 3 rings (SSSR count). The molecule has 2 aromatic carbocycles. The van der Waals surface area contributed by atoms with Gasteiger partial charge in [0.05, 0.1) is 0 Å². The van der Waals surface area contributed by atoms with E-state index in [0.717, 1.165) is 43.5 Å². The smallest absolute Gasteiger partial charge is 0.254 e. The summed E-state index contributed by atoms with van der Waals surface area (Å²) in [5, 5.41) is 5.74. The van der Waals surface area contributed by atoms with Crippen LogP contribution in [0.4, 0.5) is 0 Å². The minimum atomic E-state index is -1.05. The lowest BCUT2D eigenvalue weighted by molar-refractivity contribution is -0.169. The lowest BCUT2D eigenvalue weighted by atomic mass is 9.78. The van der Waals surface area contributed by atoms with E-state index in [-0.39, 0.29) is 11.8 Å². The average molecular weight is 565 g/mol. The van der Waals surface area contributed by atoms with Crippen LogP contribution in [-0.4, -0.2) is 61.3 Å². The fourth-order valence-corrected chi connectivity index (χ4v) is 5.45. The third-order valence-corrected chi connectivity index (χ3v) is 7.98. The van der Waals surface area contributed by atoms with E-state index in [2.05, 4.69) is 60.9 Å². The molecule has 3 amide bonds. The number of nitrogens with zero attached hydrogens (tertiary/aromatic N) is 2. The third-order valence-electron chi connectivity index (χ3n) is 7.98. The van der Waals surface area contributed by atoms with Crippen molar-refractivity contribution in [3.05, 3.63) is 71.3 Å². The quantitative estimate of drug-likeness (QED) is 0.211. The van der Waals surface area contributed by atoms with E-state index in [1.807, 2.05) is 37.1 Å². The van der Waals surface area contributed by atoms with Crippen LogP contribution in [0.2, 0.25) is 0 Å². The van der Waals surface area contributed by atoms with Crippen LogP contribution in [0.25, 0.3) is 0 Å². The molecule has 0 aliphatic carbocycles. The Labute approximate surface area is 248 Å². The number of unbranched alkanes of at least 4 members (excludes halogenated alkanes) is 6. The van der Waals surface area contributed by atoms with E-state index in [4.69, 9.17) is 4.79 Å². The molecule has 1 saturated heterocycles. The standard InChI is InChI=1S/C32H47N3O2.C2H5NO/c1-5-7-9-10-11-15-23-35-26(3)30(36)34(4)32(31(35)37,24-27-16-13-12-14-17-27)29-20-18-28(19-21-29)25-33-22-8-6-2;1-3-2-4/h12-14,16-21,26,33H,5-11,15,22-25H2,1-4H3;2H,1H3,(H,3,4)/t26-,32-;/m1./s1. The fourth-order valence-electron chi connectivity index (χ4n) is 5.45. The van der Waals surface area contributed by atoms with Gasteiger partial charge in [-0.3, -0.25) is 14.4 Å². The Hall–Kier alpha value is -3.19. The molecular weight excluding hydrogens is 512 g/mol. The number of amides is 3. The molecule has 1 fully saturated rings. The predicted molar refractivity (Wildman–Crippen MR) is 167 cm³/mol. The Balaban J connectivity index is 0.00000138. The summed E-state index contributed by atoms with van der Waals surface area (Å²) in [6.45, 7) is 8.72. The van der Waals surface area contributed by atoms with Gasteiger partial charge in [-0.05, 0) is 43.0 Å². The number of hydrogen-bond donors (Lipinski definition) is 2. The minimum absolute atomic E-state index is 0.00632. The Morgan fingerprint density at radius 1 is 0.854 bits per heavy atom. The third kappa shape index (κ3) is 9.42. The predicted octanol–water partition coefficient (Wildman–Crippen LogP) is 5.43. The molecular formula is C34H52N4O3. The first-order valence-electron chi connectivity index (χ1n) is 15.4. The van der Waals surface area contributed by atoms with Crippen LogP contribution >= 0.6 is 0 Å². The lowest BCUT2D eigenvalue weighted by Crippen LogP contribution is -2.69. The maximum atomic E-state index is 14.4. The molecule has 7 nitrogen and oxygen atoms in total. The lowest BCUT2D eigenvalue weighted by Gasteiger charge is -2.51. The summed E-state index contributed by atoms with van der Waals surface area (Å²) in [7, 11) is 3.37. The van der Waals surface area contributed by atoms with Crippen molar-refractivity contribution in [3.63, 3.8) is 0 Å². The number of carbonyl (C=O) groups is 3. The number of likely N-dealkylation sites (N-methyl/N-ethyl adjacent to an activating group) is 1. The molecule has 2 atom stereocenters. The maximum absolute atomic E-state index is 14.4. The Morgan fingerprint density at radius 3 is 2.07 bits per heavy atom. The summed E-state index contributed by atoms with van der Waals surface area (Å²) in [4.78, 5) is 40.7. The van der Waals surface area contributed by atoms with E-state index in [1.165, 1.54) is 37.7 Å². The highest BCUT2D eigenvalue weighted by Crippen LogP contribution is 2.39. The molecule has 1 heterocycles. The minimum Gasteiger partial charge on any atom is -0.362 e. The largest absolute Gasteiger partial charge is 0.362 e. The topological polar surface area (TPSA) is 81.8 Å². The Morgan fingerprint density at radius 2 is 1.46 bits per heavy atom. The first-order chi connectivity index (χ1) is 19.9. The molecule has 7 heteroatoms. The number of nitrogens with one attached hydrogen (secondary N) is 2. The van der Waals surface area contributed by atoms with Gasteiger partial charge in [0, 0.05) is 33.6 Å². The molecule has 0 radical (unpaired) electrons. The number of benzene rings is 2. The zero-order chi connectivity index (χ0) is 30.1. The number of hydrogen-bond acceptors (Lipinski definition) is 4. The van der Waals surface area contributed by atoms with Crippen molar-refractivity contribution in [2.24, 2.45) is 0 Å². The zero-order valence-electron chi connectivity index (χ0n) is 26.0. The van der Waals surface area contributed by atoms with Gasteiger partial charge in [-0.25, -0.2) is 0 Å². The monoisotopic (exact) mass is 564 g/mol. The molecule has 226 valence electrons. The van der Waals surface area contributed by atoms with Crippen LogP contribution in [0, 0.1) is 0 Å². The Bertz CT molecular complexity index is 1040. The number of carbonyl (C=O) groups excluding carboxylic acids is 3. The second kappa shape index (κ2) is 18.3. The highest BCUT2D eigenvalue weighted by Gasteiger charge is 2.54. The van der Waals surface area contributed by atoms with Gasteiger partial charge in [-0.1, -0.05) is 107 Å². The number of piperazine rings is 1. The second-order valence-corrected chi connectivity index (χ2v) is 11.0. The van der Waals surface area contributed by atoms with Crippen LogP contribution < -0.4 is 10.6 Å². The van der Waals surface area contributed by atoms with Gasteiger partial charge in [-0.2, -0.15) is 0 Å². The van der Waals surface area contributed by atoms with Crippen molar-refractivity contribution < 1.29 is 14.4 Å². The SMILES string of the molecule is CCCCCCCCN1C(=O)[C@@](Cc2ccccc2)(c2ccc(CNCCCC)cc2)N(C)C(=O)[C@H]1C.CNC=O.